The van der Waals surface area contributed by atoms with Crippen LogP contribution in [0.15, 0.2) is 65.6 Å². The van der Waals surface area contributed by atoms with Gasteiger partial charge in [-0.2, -0.15) is 4.98 Å². The Balaban J connectivity index is 1.77. The molecule has 200 valence electrons. The molecule has 2 heterocycles. The van der Waals surface area contributed by atoms with Crippen molar-refractivity contribution < 1.29 is 14.6 Å². The van der Waals surface area contributed by atoms with Crippen molar-refractivity contribution >= 4 is 22.7 Å². The number of rotatable bonds is 13. The third-order valence-electron chi connectivity index (χ3n) is 6.41. The van der Waals surface area contributed by atoms with E-state index in [0.29, 0.717) is 42.2 Å². The lowest BCUT2D eigenvalue weighted by Gasteiger charge is -2.25. The molecule has 0 aliphatic heterocycles. The van der Waals surface area contributed by atoms with E-state index in [9.17, 15) is 9.90 Å². The summed E-state index contributed by atoms with van der Waals surface area (Å²) in [5.74, 6) is 2.53. The SMILES string of the molecule is CCC[C@@H](CCO)Nc1nc(N(Cc2ccc(OC)cc2)Cc2ccc(OC)cc2)nc2cc[nH]c(=O)c12. The Kier molecular flexibility index (Phi) is 9.16. The Morgan fingerprint density at radius 2 is 1.53 bits per heavy atom. The van der Waals surface area contributed by atoms with Crippen molar-refractivity contribution in [3.05, 3.63) is 82.3 Å². The molecule has 0 radical (unpaired) electrons. The highest BCUT2D eigenvalue weighted by molar-refractivity contribution is 5.89. The Morgan fingerprint density at radius 1 is 0.921 bits per heavy atom. The predicted molar refractivity (Wildman–Crippen MR) is 150 cm³/mol. The van der Waals surface area contributed by atoms with Crippen LogP contribution in [-0.2, 0) is 13.1 Å². The second kappa shape index (κ2) is 12.9. The average molecular weight is 518 g/mol. The molecule has 1 atom stereocenters. The van der Waals surface area contributed by atoms with E-state index >= 15 is 0 Å². The smallest absolute Gasteiger partial charge is 0.261 e. The fourth-order valence-corrected chi connectivity index (χ4v) is 4.41. The van der Waals surface area contributed by atoms with Crippen LogP contribution < -0.4 is 25.2 Å². The number of aromatic nitrogens is 3. The number of H-pyrrole nitrogens is 1. The van der Waals surface area contributed by atoms with Crippen LogP contribution in [0.4, 0.5) is 11.8 Å². The molecule has 0 unspecified atom stereocenters. The van der Waals surface area contributed by atoms with Crippen molar-refractivity contribution in [3.8, 4) is 11.5 Å². The van der Waals surface area contributed by atoms with Gasteiger partial charge in [0, 0.05) is 31.9 Å². The van der Waals surface area contributed by atoms with Gasteiger partial charge < -0.3 is 29.8 Å². The summed E-state index contributed by atoms with van der Waals surface area (Å²) in [6, 6.07) is 17.6. The normalized spacial score (nSPS) is 11.8. The van der Waals surface area contributed by atoms with Crippen LogP contribution in [0.25, 0.3) is 10.9 Å². The summed E-state index contributed by atoms with van der Waals surface area (Å²) in [4.78, 5) is 27.3. The molecule has 0 aliphatic carbocycles. The van der Waals surface area contributed by atoms with Crippen LogP contribution >= 0.6 is 0 Å². The van der Waals surface area contributed by atoms with Crippen LogP contribution in [0.5, 0.6) is 11.5 Å². The van der Waals surface area contributed by atoms with Crippen LogP contribution in [0.2, 0.25) is 0 Å². The van der Waals surface area contributed by atoms with Gasteiger partial charge in [0.15, 0.2) is 0 Å². The molecule has 0 spiro atoms. The fraction of sp³-hybridized carbons (Fsp3) is 0.345. The highest BCUT2D eigenvalue weighted by Gasteiger charge is 2.19. The molecule has 9 nitrogen and oxygen atoms in total. The first kappa shape index (κ1) is 26.9. The third-order valence-corrected chi connectivity index (χ3v) is 6.41. The average Bonchev–Trinajstić information content (AvgIpc) is 2.93. The van der Waals surface area contributed by atoms with Gasteiger partial charge >= 0.3 is 0 Å². The van der Waals surface area contributed by atoms with E-state index in [2.05, 4.69) is 22.1 Å². The number of pyridine rings is 1. The van der Waals surface area contributed by atoms with Gasteiger partial charge in [-0.3, -0.25) is 4.79 Å². The molecule has 0 bridgehead atoms. The summed E-state index contributed by atoms with van der Waals surface area (Å²) in [5.41, 5.74) is 2.42. The number of anilines is 2. The standard InChI is InChI=1S/C29H35N5O4/c1-4-5-22(15-17-35)31-27-26-25(14-16-30-28(26)36)32-29(33-27)34(18-20-6-10-23(37-2)11-7-20)19-21-8-12-24(38-3)13-9-21/h6-14,16,22,35H,4-5,15,17-19H2,1-3H3,(H,30,36)(H,31,32,33)/t22-/m0/s1. The number of hydrogen-bond donors (Lipinski definition) is 3. The molecule has 4 rings (SSSR count). The largest absolute Gasteiger partial charge is 0.497 e. The van der Waals surface area contributed by atoms with Gasteiger partial charge in [-0.05, 0) is 54.3 Å². The minimum atomic E-state index is -0.257. The van der Waals surface area contributed by atoms with Crippen molar-refractivity contribution in [2.75, 3.05) is 31.0 Å². The number of ether oxygens (including phenoxy) is 2. The number of aliphatic hydroxyl groups is 1. The first-order valence-electron chi connectivity index (χ1n) is 12.8. The van der Waals surface area contributed by atoms with Crippen molar-refractivity contribution in [2.24, 2.45) is 0 Å². The second-order valence-corrected chi connectivity index (χ2v) is 9.13. The zero-order chi connectivity index (χ0) is 26.9. The van der Waals surface area contributed by atoms with E-state index in [0.717, 1.165) is 35.5 Å². The maximum absolute atomic E-state index is 12.8. The van der Waals surface area contributed by atoms with Crippen molar-refractivity contribution in [2.45, 2.75) is 45.3 Å². The Labute approximate surface area is 222 Å². The van der Waals surface area contributed by atoms with Crippen LogP contribution in [0.1, 0.15) is 37.3 Å². The lowest BCUT2D eigenvalue weighted by Crippen LogP contribution is -2.27. The quantitative estimate of drug-likeness (QED) is 0.238. The molecule has 0 fully saturated rings. The van der Waals surface area contributed by atoms with Crippen LogP contribution in [0.3, 0.4) is 0 Å². The molecule has 0 saturated heterocycles. The lowest BCUT2D eigenvalue weighted by atomic mass is 10.1. The predicted octanol–water partition coefficient (Wildman–Crippen LogP) is 4.51. The van der Waals surface area contributed by atoms with Gasteiger partial charge in [0.25, 0.3) is 5.56 Å². The zero-order valence-electron chi connectivity index (χ0n) is 22.1. The summed E-state index contributed by atoms with van der Waals surface area (Å²) < 4.78 is 10.6. The zero-order valence-corrected chi connectivity index (χ0v) is 22.1. The van der Waals surface area contributed by atoms with Crippen LogP contribution in [-0.4, -0.2) is 46.9 Å². The van der Waals surface area contributed by atoms with E-state index < -0.39 is 0 Å². The summed E-state index contributed by atoms with van der Waals surface area (Å²) in [5, 5.41) is 13.4. The Bertz CT molecular complexity index is 1320. The monoisotopic (exact) mass is 517 g/mol. The highest BCUT2D eigenvalue weighted by atomic mass is 16.5. The molecule has 0 amide bonds. The number of nitrogens with one attached hydrogen (secondary N) is 2. The van der Waals surface area contributed by atoms with Crippen molar-refractivity contribution in [1.82, 2.24) is 15.0 Å². The van der Waals surface area contributed by atoms with E-state index in [1.807, 2.05) is 48.5 Å². The third kappa shape index (κ3) is 6.60. The Hall–Kier alpha value is -4.11. The molecule has 2 aromatic carbocycles. The Morgan fingerprint density at radius 3 is 2.05 bits per heavy atom. The number of methoxy groups -OCH3 is 2. The molecule has 4 aromatic rings. The van der Waals surface area contributed by atoms with E-state index in [-0.39, 0.29) is 18.2 Å². The molecule has 2 aromatic heterocycles. The number of hydrogen-bond acceptors (Lipinski definition) is 8. The summed E-state index contributed by atoms with van der Waals surface area (Å²) in [7, 11) is 3.29. The second-order valence-electron chi connectivity index (χ2n) is 9.13. The van der Waals surface area contributed by atoms with E-state index in [4.69, 9.17) is 19.4 Å². The van der Waals surface area contributed by atoms with Gasteiger partial charge in [0.1, 0.15) is 22.7 Å². The maximum atomic E-state index is 12.8. The lowest BCUT2D eigenvalue weighted by molar-refractivity contribution is 0.276. The molecule has 0 saturated carbocycles. The number of aromatic amines is 1. The number of benzene rings is 2. The number of nitrogens with zero attached hydrogens (tertiary/aromatic N) is 3. The molecule has 9 heteroatoms. The molecule has 0 aliphatic rings. The van der Waals surface area contributed by atoms with Gasteiger partial charge in [0.2, 0.25) is 5.95 Å². The highest BCUT2D eigenvalue weighted by Crippen LogP contribution is 2.26. The van der Waals surface area contributed by atoms with Gasteiger partial charge in [-0.25, -0.2) is 4.98 Å². The topological polar surface area (TPSA) is 113 Å². The maximum Gasteiger partial charge on any atom is 0.261 e. The van der Waals surface area contributed by atoms with Crippen molar-refractivity contribution in [3.63, 3.8) is 0 Å². The molecular formula is C29H35N5O4. The molecule has 3 N–H and O–H groups in total. The number of fused-ring (bicyclic) bond motifs is 1. The number of aliphatic hydroxyl groups excluding tert-OH is 1. The van der Waals surface area contributed by atoms with E-state index in [1.165, 1.54) is 0 Å². The summed E-state index contributed by atoms with van der Waals surface area (Å²) >= 11 is 0. The van der Waals surface area contributed by atoms with Gasteiger partial charge in [-0.15, -0.1) is 0 Å². The van der Waals surface area contributed by atoms with Crippen molar-refractivity contribution in [1.29, 1.82) is 0 Å². The van der Waals surface area contributed by atoms with Gasteiger partial charge in [0.05, 0.1) is 19.7 Å². The first-order valence-corrected chi connectivity index (χ1v) is 12.8. The fourth-order valence-electron chi connectivity index (χ4n) is 4.41. The summed E-state index contributed by atoms with van der Waals surface area (Å²) in [6.07, 6.45) is 3.93. The minimum Gasteiger partial charge on any atom is -0.497 e. The van der Waals surface area contributed by atoms with Crippen LogP contribution in [0, 0.1) is 0 Å². The van der Waals surface area contributed by atoms with Gasteiger partial charge in [-0.1, -0.05) is 37.6 Å². The van der Waals surface area contributed by atoms with E-state index in [1.54, 1.807) is 26.5 Å². The summed E-state index contributed by atoms with van der Waals surface area (Å²) in [6.45, 7) is 3.22. The molecular weight excluding hydrogens is 482 g/mol. The first-order chi connectivity index (χ1) is 18.5. The minimum absolute atomic E-state index is 0.0211. The molecule has 38 heavy (non-hydrogen) atoms.